The topological polar surface area (TPSA) is 128 Å². The van der Waals surface area contributed by atoms with Crippen molar-refractivity contribution in [3.8, 4) is 17.0 Å². The van der Waals surface area contributed by atoms with Gasteiger partial charge in [0.15, 0.2) is 0 Å². The third-order valence-electron chi connectivity index (χ3n) is 8.68. The Morgan fingerprint density at radius 3 is 2.72 bits per heavy atom. The van der Waals surface area contributed by atoms with E-state index in [4.69, 9.17) is 15.5 Å². The maximum absolute atomic E-state index is 16.1. The normalized spacial score (nSPS) is 20.0. The number of hydrogen-bond donors (Lipinski definition) is 2. The van der Waals surface area contributed by atoms with Gasteiger partial charge in [0.25, 0.3) is 5.91 Å². The fourth-order valence-corrected chi connectivity index (χ4v) is 6.44. The molecule has 0 unspecified atom stereocenters. The van der Waals surface area contributed by atoms with Crippen LogP contribution in [0.25, 0.3) is 16.8 Å². The molecule has 10 nitrogen and oxygen atoms in total. The van der Waals surface area contributed by atoms with Crippen LogP contribution in [0, 0.1) is 11.8 Å². The van der Waals surface area contributed by atoms with E-state index in [9.17, 15) is 9.59 Å². The lowest BCUT2D eigenvalue weighted by Crippen LogP contribution is -2.41. The Morgan fingerprint density at radius 1 is 1.12 bits per heavy atom. The Kier molecular flexibility index (Phi) is 6.71. The van der Waals surface area contributed by atoms with Gasteiger partial charge in [-0.1, -0.05) is 0 Å². The van der Waals surface area contributed by atoms with E-state index in [-0.39, 0.29) is 58.4 Å². The molecule has 7 rings (SSSR count). The first-order chi connectivity index (χ1) is 20.8. The van der Waals surface area contributed by atoms with Gasteiger partial charge in [-0.15, -0.1) is 0 Å². The van der Waals surface area contributed by atoms with Crippen LogP contribution in [0.2, 0.25) is 0 Å². The van der Waals surface area contributed by atoms with Crippen molar-refractivity contribution in [2.75, 3.05) is 24.2 Å². The number of amides is 2. The Morgan fingerprint density at radius 2 is 1.93 bits per heavy atom. The van der Waals surface area contributed by atoms with Crippen LogP contribution in [-0.4, -0.2) is 55.3 Å². The first kappa shape index (κ1) is 27.2. The van der Waals surface area contributed by atoms with Crippen molar-refractivity contribution >= 4 is 29.0 Å². The van der Waals surface area contributed by atoms with E-state index < -0.39 is 17.7 Å². The van der Waals surface area contributed by atoms with E-state index >= 15 is 8.78 Å². The van der Waals surface area contributed by atoms with Crippen molar-refractivity contribution in [1.29, 1.82) is 0 Å². The summed E-state index contributed by atoms with van der Waals surface area (Å²) >= 11 is 0. The van der Waals surface area contributed by atoms with Gasteiger partial charge in [-0.25, -0.2) is 19.3 Å². The zero-order valence-corrected chi connectivity index (χ0v) is 23.6. The molecule has 2 amide bonds. The number of rotatable bonds is 7. The van der Waals surface area contributed by atoms with Crippen molar-refractivity contribution in [3.63, 3.8) is 0 Å². The van der Waals surface area contributed by atoms with Crippen LogP contribution in [0.5, 0.6) is 5.75 Å². The van der Waals surface area contributed by atoms with Gasteiger partial charge in [-0.05, 0) is 74.8 Å². The Labute approximate surface area is 246 Å². The fourth-order valence-electron chi connectivity index (χ4n) is 6.44. The molecule has 2 saturated heterocycles. The number of nitrogens with two attached hydrogens (primary N) is 1. The molecule has 0 bridgehead atoms. The van der Waals surface area contributed by atoms with Gasteiger partial charge < -0.3 is 20.7 Å². The monoisotopic (exact) mass is 587 g/mol. The number of anilines is 2. The molecule has 1 aromatic carbocycles. The minimum atomic E-state index is -0.788. The Hall–Kier alpha value is -4.61. The highest BCUT2D eigenvalue weighted by molar-refractivity contribution is 6.05. The summed E-state index contributed by atoms with van der Waals surface area (Å²) < 4.78 is 38.6. The maximum Gasteiger partial charge on any atom is 0.257 e. The first-order valence-corrected chi connectivity index (χ1v) is 14.7. The number of ether oxygens (including phenoxy) is 1. The number of aromatic nitrogens is 4. The van der Waals surface area contributed by atoms with E-state index in [0.29, 0.717) is 36.9 Å². The van der Waals surface area contributed by atoms with Crippen molar-refractivity contribution < 1.29 is 23.1 Å². The SMILES string of the molecule is CCOc1cc(C(=O)Nc2cc(C3CC3)ccn2)cc(F)c1-c1nc([C@@H]2CC[C@H]3CCC(=O)N3C2)n2c(F)cnc(N)c12. The fraction of sp³-hybridized carbons (Fsp3) is 0.387. The second-order valence-electron chi connectivity index (χ2n) is 11.4. The standard InChI is InChI=1S/C31H31F2N7O3/c1-2-43-22-12-19(31(42)37-24-13-17(9-10-35-24)16-3-4-16)11-21(32)26(22)27-28-29(34)36-14-23(33)40(28)30(38-27)18-5-6-20-7-8-25(41)39(20)15-18/h9-14,16,18,20H,2-8,15H2,1H3,(H2,34,36)(H,35,37,42)/t18-,20+/m1/s1. The zero-order chi connectivity index (χ0) is 29.8. The Balaban J connectivity index is 1.29. The van der Waals surface area contributed by atoms with E-state index in [1.54, 1.807) is 13.1 Å². The number of fused-ring (bicyclic) bond motifs is 2. The first-order valence-electron chi connectivity index (χ1n) is 14.7. The number of nitrogens with zero attached hydrogens (tertiary/aromatic N) is 5. The summed E-state index contributed by atoms with van der Waals surface area (Å²) in [5, 5.41) is 2.75. The third-order valence-corrected chi connectivity index (χ3v) is 8.68. The van der Waals surface area contributed by atoms with Crippen LogP contribution >= 0.6 is 0 Å². The number of imidazole rings is 1. The molecule has 3 aliphatic rings. The van der Waals surface area contributed by atoms with E-state index in [2.05, 4.69) is 15.3 Å². The second kappa shape index (κ2) is 10.6. The van der Waals surface area contributed by atoms with Gasteiger partial charge in [0.05, 0.1) is 18.4 Å². The molecule has 1 saturated carbocycles. The number of piperidine rings is 1. The summed E-state index contributed by atoms with van der Waals surface area (Å²) in [5.74, 6) is -1.06. The van der Waals surface area contributed by atoms with E-state index in [1.807, 2.05) is 17.0 Å². The zero-order valence-electron chi connectivity index (χ0n) is 23.6. The third kappa shape index (κ3) is 4.84. The van der Waals surface area contributed by atoms with Gasteiger partial charge in [-0.2, -0.15) is 4.39 Å². The van der Waals surface area contributed by atoms with Crippen LogP contribution in [0.15, 0.2) is 36.7 Å². The highest BCUT2D eigenvalue weighted by atomic mass is 19.1. The predicted molar refractivity (Wildman–Crippen MR) is 155 cm³/mol. The van der Waals surface area contributed by atoms with Gasteiger partial charge in [0.1, 0.15) is 40.2 Å². The smallest absolute Gasteiger partial charge is 0.257 e. The number of benzene rings is 1. The summed E-state index contributed by atoms with van der Waals surface area (Å²) in [6.07, 6.45) is 7.62. The van der Waals surface area contributed by atoms with Crippen LogP contribution in [0.1, 0.15) is 79.0 Å². The number of carbonyl (C=O) groups is 2. The number of nitrogen functional groups attached to an aromatic ring is 1. The molecule has 43 heavy (non-hydrogen) atoms. The molecule has 1 aliphatic carbocycles. The molecular weight excluding hydrogens is 556 g/mol. The number of pyridine rings is 1. The minimum Gasteiger partial charge on any atom is -0.493 e. The molecule has 0 radical (unpaired) electrons. The molecule has 3 N–H and O–H groups in total. The average Bonchev–Trinajstić information content (AvgIpc) is 3.68. The van der Waals surface area contributed by atoms with Gasteiger partial charge >= 0.3 is 0 Å². The van der Waals surface area contributed by atoms with Crippen LogP contribution in [0.4, 0.5) is 20.4 Å². The lowest BCUT2D eigenvalue weighted by molar-refractivity contribution is -0.130. The van der Waals surface area contributed by atoms with Gasteiger partial charge in [0.2, 0.25) is 11.9 Å². The van der Waals surface area contributed by atoms with Gasteiger partial charge in [-0.3, -0.25) is 14.0 Å². The number of hydrogen-bond acceptors (Lipinski definition) is 7. The lowest BCUT2D eigenvalue weighted by atomic mass is 9.92. The highest BCUT2D eigenvalue weighted by Gasteiger charge is 2.39. The Bertz CT molecular complexity index is 1770. The molecule has 4 aromatic rings. The number of halogens is 2. The summed E-state index contributed by atoms with van der Waals surface area (Å²) in [7, 11) is 0. The average molecular weight is 588 g/mol. The van der Waals surface area contributed by atoms with E-state index in [1.165, 1.54) is 10.5 Å². The molecule has 12 heteroatoms. The maximum atomic E-state index is 16.1. The molecule has 3 aromatic heterocycles. The minimum absolute atomic E-state index is 0.0233. The highest BCUT2D eigenvalue weighted by Crippen LogP contribution is 2.42. The lowest BCUT2D eigenvalue weighted by Gasteiger charge is -2.34. The van der Waals surface area contributed by atoms with E-state index in [0.717, 1.165) is 43.5 Å². The quantitative estimate of drug-likeness (QED) is 0.310. The molecule has 0 spiro atoms. The molecular formula is C31H31F2N7O3. The molecule has 5 heterocycles. The number of carbonyl (C=O) groups excluding carboxylic acids is 2. The van der Waals surface area contributed by atoms with Crippen molar-refractivity contribution in [2.45, 2.75) is 63.3 Å². The summed E-state index contributed by atoms with van der Waals surface area (Å²) in [5.41, 5.74) is 7.48. The van der Waals surface area contributed by atoms with Gasteiger partial charge in [0, 0.05) is 36.7 Å². The molecule has 2 atom stereocenters. The molecule has 2 aliphatic heterocycles. The van der Waals surface area contributed by atoms with Crippen LogP contribution < -0.4 is 15.8 Å². The van der Waals surface area contributed by atoms with Crippen LogP contribution in [-0.2, 0) is 4.79 Å². The van der Waals surface area contributed by atoms with Crippen molar-refractivity contribution in [2.24, 2.45) is 0 Å². The van der Waals surface area contributed by atoms with Crippen molar-refractivity contribution in [3.05, 3.63) is 65.4 Å². The largest absolute Gasteiger partial charge is 0.493 e. The van der Waals surface area contributed by atoms with Crippen LogP contribution in [0.3, 0.4) is 0 Å². The summed E-state index contributed by atoms with van der Waals surface area (Å²) in [4.78, 5) is 40.5. The van der Waals surface area contributed by atoms with Crippen molar-refractivity contribution in [1.82, 2.24) is 24.3 Å². The summed E-state index contributed by atoms with van der Waals surface area (Å²) in [6.45, 7) is 2.30. The summed E-state index contributed by atoms with van der Waals surface area (Å²) in [6, 6.07) is 6.47. The molecule has 222 valence electrons. The predicted octanol–water partition coefficient (Wildman–Crippen LogP) is 5.05. The molecule has 3 fully saturated rings. The number of nitrogens with one attached hydrogen (secondary N) is 1. The second-order valence-corrected chi connectivity index (χ2v) is 11.4.